The minimum Gasteiger partial charge on any atom is -0.345 e. The first kappa shape index (κ1) is 17.6. The van der Waals surface area contributed by atoms with Crippen molar-refractivity contribution in [2.45, 2.75) is 38.1 Å². The molecule has 0 radical (unpaired) electrons. The number of nitrogens with one attached hydrogen (secondary N) is 1. The second-order valence-corrected chi connectivity index (χ2v) is 7.83. The van der Waals surface area contributed by atoms with Crippen LogP contribution in [0.3, 0.4) is 0 Å². The molecule has 0 spiro atoms. The van der Waals surface area contributed by atoms with Crippen LogP contribution in [-0.2, 0) is 16.4 Å². The highest BCUT2D eigenvalue weighted by molar-refractivity contribution is 7.89. The van der Waals surface area contributed by atoms with Crippen LogP contribution in [0.15, 0.2) is 29.2 Å². The monoisotopic (exact) mass is 353 g/mol. The van der Waals surface area contributed by atoms with Crippen molar-refractivity contribution in [1.82, 2.24) is 10.3 Å². The van der Waals surface area contributed by atoms with Gasteiger partial charge in [0.15, 0.2) is 0 Å². The maximum Gasteiger partial charge on any atom is 0.263 e. The predicted octanol–water partition coefficient (Wildman–Crippen LogP) is 2.15. The lowest BCUT2D eigenvalue weighted by Gasteiger charge is -2.14. The number of aromatic nitrogens is 1. The Morgan fingerprint density at radius 2 is 2.13 bits per heavy atom. The van der Waals surface area contributed by atoms with Crippen LogP contribution in [0.4, 0.5) is 0 Å². The van der Waals surface area contributed by atoms with Crippen molar-refractivity contribution >= 4 is 27.3 Å². The lowest BCUT2D eigenvalue weighted by Crippen LogP contribution is -2.26. The molecule has 0 aliphatic rings. The number of benzene rings is 1. The number of primary sulfonamides is 1. The molecular weight excluding hydrogens is 334 g/mol. The lowest BCUT2D eigenvalue weighted by atomic mass is 10.1. The van der Waals surface area contributed by atoms with Gasteiger partial charge in [-0.05, 0) is 38.0 Å². The fourth-order valence-electron chi connectivity index (χ4n) is 2.12. The van der Waals surface area contributed by atoms with Gasteiger partial charge in [-0.15, -0.1) is 11.3 Å². The Morgan fingerprint density at radius 3 is 2.70 bits per heavy atom. The molecule has 0 bridgehead atoms. The van der Waals surface area contributed by atoms with Gasteiger partial charge in [0, 0.05) is 0 Å². The van der Waals surface area contributed by atoms with Gasteiger partial charge in [-0.1, -0.05) is 19.1 Å². The highest BCUT2D eigenvalue weighted by Gasteiger charge is 2.18. The van der Waals surface area contributed by atoms with Crippen molar-refractivity contribution in [2.75, 3.05) is 0 Å². The van der Waals surface area contributed by atoms with Crippen LogP contribution in [0, 0.1) is 6.92 Å². The predicted molar refractivity (Wildman–Crippen MR) is 89.9 cm³/mol. The normalized spacial score (nSPS) is 12.9. The van der Waals surface area contributed by atoms with Gasteiger partial charge in [0.2, 0.25) is 10.0 Å². The number of nitrogens with zero attached hydrogens (tertiary/aromatic N) is 1. The first-order valence-corrected chi connectivity index (χ1v) is 9.48. The highest BCUT2D eigenvalue weighted by atomic mass is 32.2. The van der Waals surface area contributed by atoms with Crippen molar-refractivity contribution in [2.24, 2.45) is 5.14 Å². The Labute approximate surface area is 139 Å². The molecule has 6 nitrogen and oxygen atoms in total. The molecule has 8 heteroatoms. The number of carbonyl (C=O) groups is 1. The maximum atomic E-state index is 12.4. The van der Waals surface area contributed by atoms with Gasteiger partial charge in [-0.2, -0.15) is 0 Å². The van der Waals surface area contributed by atoms with E-state index < -0.39 is 10.0 Å². The fourth-order valence-corrected chi connectivity index (χ4v) is 3.60. The topological polar surface area (TPSA) is 102 Å². The Hall–Kier alpha value is -1.77. The highest BCUT2D eigenvalue weighted by Crippen LogP contribution is 2.21. The second-order valence-electron chi connectivity index (χ2n) is 5.19. The average molecular weight is 353 g/mol. The molecule has 1 unspecified atom stereocenters. The molecule has 2 aromatic rings. The molecule has 3 N–H and O–H groups in total. The molecule has 0 fully saturated rings. The fraction of sp³-hybridized carbons (Fsp3) is 0.333. The molecule has 23 heavy (non-hydrogen) atoms. The molecule has 1 heterocycles. The van der Waals surface area contributed by atoms with E-state index in [1.807, 2.05) is 6.92 Å². The Balaban J connectivity index is 2.20. The van der Waals surface area contributed by atoms with Gasteiger partial charge >= 0.3 is 0 Å². The summed E-state index contributed by atoms with van der Waals surface area (Å²) in [5, 5.41) is 8.91. The summed E-state index contributed by atoms with van der Waals surface area (Å²) >= 11 is 1.37. The summed E-state index contributed by atoms with van der Waals surface area (Å²) in [6.45, 7) is 5.58. The van der Waals surface area contributed by atoms with Crippen LogP contribution in [-0.4, -0.2) is 19.3 Å². The first-order valence-electron chi connectivity index (χ1n) is 7.12. The van der Waals surface area contributed by atoms with Gasteiger partial charge in [-0.3, -0.25) is 4.79 Å². The van der Waals surface area contributed by atoms with E-state index in [-0.39, 0.29) is 16.8 Å². The van der Waals surface area contributed by atoms with Crippen LogP contribution in [0.2, 0.25) is 0 Å². The molecule has 0 aliphatic heterocycles. The van der Waals surface area contributed by atoms with E-state index in [0.29, 0.717) is 16.1 Å². The summed E-state index contributed by atoms with van der Waals surface area (Å²) in [6, 6.07) is 5.89. The quantitative estimate of drug-likeness (QED) is 0.860. The number of rotatable bonds is 5. The molecule has 2 rings (SSSR count). The van der Waals surface area contributed by atoms with Gasteiger partial charge in [-0.25, -0.2) is 18.5 Å². The third-order valence-electron chi connectivity index (χ3n) is 3.38. The Morgan fingerprint density at radius 1 is 1.43 bits per heavy atom. The summed E-state index contributed by atoms with van der Waals surface area (Å²) in [4.78, 5) is 17.3. The zero-order valence-corrected chi connectivity index (χ0v) is 14.8. The number of hydrogen-bond acceptors (Lipinski definition) is 5. The van der Waals surface area contributed by atoms with E-state index in [4.69, 9.17) is 5.14 Å². The smallest absolute Gasteiger partial charge is 0.263 e. The van der Waals surface area contributed by atoms with Gasteiger partial charge in [0.1, 0.15) is 4.88 Å². The largest absolute Gasteiger partial charge is 0.345 e. The number of hydrogen-bond donors (Lipinski definition) is 2. The van der Waals surface area contributed by atoms with E-state index in [1.165, 1.54) is 23.5 Å². The van der Waals surface area contributed by atoms with E-state index in [9.17, 15) is 13.2 Å². The van der Waals surface area contributed by atoms with Gasteiger partial charge in [0.25, 0.3) is 5.91 Å². The van der Waals surface area contributed by atoms with Crippen LogP contribution in [0.25, 0.3) is 0 Å². The lowest BCUT2D eigenvalue weighted by molar-refractivity contribution is 0.0943. The molecule has 124 valence electrons. The van der Waals surface area contributed by atoms with E-state index in [0.717, 1.165) is 11.4 Å². The molecular formula is C15H19N3O3S2. The van der Waals surface area contributed by atoms with E-state index in [1.54, 1.807) is 26.0 Å². The Bertz CT molecular complexity index is 828. The standard InChI is InChI=1S/C15H19N3O3S2/c1-4-13-17-10(3)14(22-13)15(19)18-9(2)11-6-5-7-12(8-11)23(16,20)21/h5-9H,4H2,1-3H3,(H,18,19)(H2,16,20,21). The summed E-state index contributed by atoms with van der Waals surface area (Å²) in [5.74, 6) is -0.215. The molecule has 1 amide bonds. The van der Waals surface area contributed by atoms with E-state index >= 15 is 0 Å². The van der Waals surface area contributed by atoms with Crippen molar-refractivity contribution in [1.29, 1.82) is 0 Å². The zero-order chi connectivity index (χ0) is 17.2. The number of thiazole rings is 1. The van der Waals surface area contributed by atoms with E-state index in [2.05, 4.69) is 10.3 Å². The van der Waals surface area contributed by atoms with Crippen LogP contribution < -0.4 is 10.5 Å². The minimum atomic E-state index is -3.77. The molecule has 0 saturated carbocycles. The Kier molecular flexibility index (Phi) is 5.18. The summed E-state index contributed by atoms with van der Waals surface area (Å²) < 4.78 is 22.8. The molecule has 1 aromatic heterocycles. The average Bonchev–Trinajstić information content (AvgIpc) is 2.87. The zero-order valence-electron chi connectivity index (χ0n) is 13.2. The molecule has 1 aromatic carbocycles. The number of aryl methyl sites for hydroxylation is 2. The third-order valence-corrected chi connectivity index (χ3v) is 5.60. The molecule has 1 atom stereocenters. The van der Waals surface area contributed by atoms with Crippen LogP contribution >= 0.6 is 11.3 Å². The number of nitrogens with two attached hydrogens (primary N) is 1. The van der Waals surface area contributed by atoms with Gasteiger partial charge in [0.05, 0.1) is 21.6 Å². The minimum absolute atomic E-state index is 0.0262. The summed E-state index contributed by atoms with van der Waals surface area (Å²) in [6.07, 6.45) is 0.782. The number of carbonyl (C=O) groups excluding carboxylic acids is 1. The molecule has 0 aliphatic carbocycles. The SMILES string of the molecule is CCc1nc(C)c(C(=O)NC(C)c2cccc(S(N)(=O)=O)c2)s1. The number of amides is 1. The van der Waals surface area contributed by atoms with Crippen molar-refractivity contribution in [3.8, 4) is 0 Å². The number of sulfonamides is 1. The van der Waals surface area contributed by atoms with Crippen LogP contribution in [0.1, 0.15) is 45.8 Å². The van der Waals surface area contributed by atoms with Gasteiger partial charge < -0.3 is 5.32 Å². The summed E-state index contributed by atoms with van der Waals surface area (Å²) in [7, 11) is -3.77. The molecule has 0 saturated heterocycles. The first-order chi connectivity index (χ1) is 10.7. The summed E-state index contributed by atoms with van der Waals surface area (Å²) in [5.41, 5.74) is 1.37. The second kappa shape index (κ2) is 6.77. The maximum absolute atomic E-state index is 12.4. The van der Waals surface area contributed by atoms with Crippen molar-refractivity contribution in [3.05, 3.63) is 45.4 Å². The van der Waals surface area contributed by atoms with Crippen molar-refractivity contribution in [3.63, 3.8) is 0 Å². The van der Waals surface area contributed by atoms with Crippen molar-refractivity contribution < 1.29 is 13.2 Å². The third kappa shape index (κ3) is 4.15. The van der Waals surface area contributed by atoms with Crippen LogP contribution in [0.5, 0.6) is 0 Å².